The molecule has 6 heteroatoms. The maximum Gasteiger partial charge on any atom is 0.410 e. The first-order chi connectivity index (χ1) is 12.7. The van der Waals surface area contributed by atoms with Crippen LogP contribution in [0.25, 0.3) is 11.1 Å². The number of carbonyl (C=O) groups excluding carboxylic acids is 2. The summed E-state index contributed by atoms with van der Waals surface area (Å²) in [5.74, 6) is -0.854. The third-order valence-corrected chi connectivity index (χ3v) is 5.19. The molecule has 2 aromatic carbocycles. The van der Waals surface area contributed by atoms with E-state index >= 15 is 0 Å². The van der Waals surface area contributed by atoms with E-state index in [0.29, 0.717) is 19.4 Å². The molecule has 0 aromatic heterocycles. The molecule has 1 amide bonds. The lowest BCUT2D eigenvalue weighted by Gasteiger charge is -2.22. The summed E-state index contributed by atoms with van der Waals surface area (Å²) in [6.45, 7) is 0.612. The Kier molecular flexibility index (Phi) is 4.34. The Labute approximate surface area is 150 Å². The van der Waals surface area contributed by atoms with E-state index in [-0.39, 0.29) is 12.5 Å². The Balaban J connectivity index is 1.51. The van der Waals surface area contributed by atoms with E-state index in [1.54, 1.807) is 0 Å². The van der Waals surface area contributed by atoms with Crippen molar-refractivity contribution in [1.82, 2.24) is 4.90 Å². The molecule has 0 bridgehead atoms. The number of fused-ring (bicyclic) bond motifs is 3. The van der Waals surface area contributed by atoms with Crippen molar-refractivity contribution in [2.24, 2.45) is 0 Å². The van der Waals surface area contributed by atoms with Crippen LogP contribution in [0.3, 0.4) is 0 Å². The SMILES string of the molecule is O=C(OO)[C@@H]1CCCN1C(=O)OCC1c2ccccc2-c2ccccc21. The highest BCUT2D eigenvalue weighted by Crippen LogP contribution is 2.44. The van der Waals surface area contributed by atoms with Gasteiger partial charge in [0.05, 0.1) is 0 Å². The second-order valence-corrected chi connectivity index (χ2v) is 6.57. The summed E-state index contributed by atoms with van der Waals surface area (Å²) in [5, 5.41) is 8.59. The summed E-state index contributed by atoms with van der Waals surface area (Å²) in [7, 11) is 0. The summed E-state index contributed by atoms with van der Waals surface area (Å²) < 4.78 is 5.55. The van der Waals surface area contributed by atoms with E-state index in [0.717, 1.165) is 22.3 Å². The summed E-state index contributed by atoms with van der Waals surface area (Å²) in [4.78, 5) is 29.2. The minimum absolute atomic E-state index is 0.0304. The van der Waals surface area contributed by atoms with E-state index in [9.17, 15) is 9.59 Å². The van der Waals surface area contributed by atoms with Gasteiger partial charge in [0.25, 0.3) is 0 Å². The third kappa shape index (κ3) is 2.72. The fourth-order valence-corrected chi connectivity index (χ4v) is 3.97. The molecule has 6 nitrogen and oxygen atoms in total. The normalized spacial score (nSPS) is 18.3. The Bertz CT molecular complexity index is 804. The topological polar surface area (TPSA) is 76.1 Å². The molecule has 1 atom stereocenters. The summed E-state index contributed by atoms with van der Waals surface area (Å²) in [6.07, 6.45) is 0.577. The maximum absolute atomic E-state index is 12.5. The van der Waals surface area contributed by atoms with Gasteiger partial charge in [-0.05, 0) is 35.1 Å². The van der Waals surface area contributed by atoms with Gasteiger partial charge in [0.15, 0.2) is 0 Å². The molecule has 26 heavy (non-hydrogen) atoms. The van der Waals surface area contributed by atoms with Gasteiger partial charge in [0.1, 0.15) is 12.6 Å². The second-order valence-electron chi connectivity index (χ2n) is 6.57. The van der Waals surface area contributed by atoms with E-state index in [2.05, 4.69) is 29.2 Å². The number of rotatable bonds is 3. The van der Waals surface area contributed by atoms with Gasteiger partial charge in [-0.3, -0.25) is 9.79 Å². The smallest absolute Gasteiger partial charge is 0.410 e. The highest BCUT2D eigenvalue weighted by atomic mass is 17.1. The molecule has 1 aliphatic heterocycles. The minimum atomic E-state index is -0.823. The maximum atomic E-state index is 12.5. The molecule has 0 saturated carbocycles. The first-order valence-electron chi connectivity index (χ1n) is 8.67. The number of ether oxygens (including phenoxy) is 1. The molecule has 1 heterocycles. The van der Waals surface area contributed by atoms with Crippen LogP contribution < -0.4 is 0 Å². The fraction of sp³-hybridized carbons (Fsp3) is 0.300. The number of amides is 1. The molecule has 0 radical (unpaired) electrons. The monoisotopic (exact) mass is 353 g/mol. The Hall–Kier alpha value is -2.86. The van der Waals surface area contributed by atoms with Crippen LogP contribution in [0, 0.1) is 0 Å². The molecular weight excluding hydrogens is 334 g/mol. The van der Waals surface area contributed by atoms with Crippen LogP contribution in [0.4, 0.5) is 4.79 Å². The summed E-state index contributed by atoms with van der Waals surface area (Å²) in [6, 6.07) is 15.4. The van der Waals surface area contributed by atoms with Crippen LogP contribution in [-0.2, 0) is 14.4 Å². The zero-order valence-corrected chi connectivity index (χ0v) is 14.1. The van der Waals surface area contributed by atoms with Gasteiger partial charge in [-0.25, -0.2) is 9.59 Å². The van der Waals surface area contributed by atoms with E-state index in [4.69, 9.17) is 9.99 Å². The standard InChI is InChI=1S/C20H19NO5/c22-19(26-24)18-10-5-11-21(18)20(23)25-12-17-15-8-3-1-6-13(15)14-7-2-4-9-16(14)17/h1-4,6-9,17-18,24H,5,10-12H2/t18-/m0/s1. The van der Waals surface area contributed by atoms with Crippen molar-refractivity contribution in [3.8, 4) is 11.1 Å². The van der Waals surface area contributed by atoms with Crippen LogP contribution in [0.5, 0.6) is 0 Å². The molecule has 2 aromatic rings. The average Bonchev–Trinajstić information content (AvgIpc) is 3.29. The van der Waals surface area contributed by atoms with Gasteiger partial charge in [-0.2, -0.15) is 5.26 Å². The first kappa shape index (κ1) is 16.6. The molecule has 1 saturated heterocycles. The predicted octanol–water partition coefficient (Wildman–Crippen LogP) is 3.42. The molecule has 1 aliphatic carbocycles. The van der Waals surface area contributed by atoms with Gasteiger partial charge in [0, 0.05) is 12.5 Å². The minimum Gasteiger partial charge on any atom is -0.448 e. The molecule has 1 fully saturated rings. The van der Waals surface area contributed by atoms with Crippen molar-refractivity contribution in [2.75, 3.05) is 13.2 Å². The average molecular weight is 353 g/mol. The van der Waals surface area contributed by atoms with Crippen LogP contribution in [-0.4, -0.2) is 41.4 Å². The van der Waals surface area contributed by atoms with Gasteiger partial charge < -0.3 is 4.74 Å². The highest BCUT2D eigenvalue weighted by Gasteiger charge is 2.37. The van der Waals surface area contributed by atoms with Crippen molar-refractivity contribution in [3.63, 3.8) is 0 Å². The second kappa shape index (κ2) is 6.80. The molecule has 2 aliphatic rings. The van der Waals surface area contributed by atoms with Crippen LogP contribution in [0.1, 0.15) is 29.9 Å². The van der Waals surface area contributed by atoms with Crippen LogP contribution in [0.2, 0.25) is 0 Å². The molecule has 4 rings (SSSR count). The van der Waals surface area contributed by atoms with Gasteiger partial charge in [0.2, 0.25) is 0 Å². The number of benzene rings is 2. The van der Waals surface area contributed by atoms with E-state index in [1.165, 1.54) is 4.90 Å². The van der Waals surface area contributed by atoms with Gasteiger partial charge in [-0.15, -0.1) is 0 Å². The number of carbonyl (C=O) groups is 2. The quantitative estimate of drug-likeness (QED) is 0.676. The van der Waals surface area contributed by atoms with Gasteiger partial charge >= 0.3 is 12.1 Å². The number of hydrogen-bond donors (Lipinski definition) is 1. The third-order valence-electron chi connectivity index (χ3n) is 5.19. The molecule has 0 unspecified atom stereocenters. The Morgan fingerprint density at radius 1 is 1.04 bits per heavy atom. The zero-order chi connectivity index (χ0) is 18.1. The lowest BCUT2D eigenvalue weighted by Crippen LogP contribution is -2.41. The molecule has 0 spiro atoms. The van der Waals surface area contributed by atoms with Crippen molar-refractivity contribution in [2.45, 2.75) is 24.8 Å². The lowest BCUT2D eigenvalue weighted by atomic mass is 9.98. The van der Waals surface area contributed by atoms with Crippen LogP contribution in [0.15, 0.2) is 48.5 Å². The molecular formula is C20H19NO5. The van der Waals surface area contributed by atoms with E-state index < -0.39 is 18.1 Å². The number of hydrogen-bond acceptors (Lipinski definition) is 5. The summed E-state index contributed by atoms with van der Waals surface area (Å²) >= 11 is 0. The predicted molar refractivity (Wildman–Crippen MR) is 93.5 cm³/mol. The largest absolute Gasteiger partial charge is 0.448 e. The summed E-state index contributed by atoms with van der Waals surface area (Å²) in [5.41, 5.74) is 4.59. The molecule has 134 valence electrons. The van der Waals surface area contributed by atoms with Crippen molar-refractivity contribution in [1.29, 1.82) is 0 Å². The zero-order valence-electron chi connectivity index (χ0n) is 14.1. The first-order valence-corrected chi connectivity index (χ1v) is 8.67. The molecule has 1 N–H and O–H groups in total. The Morgan fingerprint density at radius 3 is 2.27 bits per heavy atom. The number of likely N-dealkylation sites (tertiary alicyclic amines) is 1. The van der Waals surface area contributed by atoms with Crippen molar-refractivity contribution >= 4 is 12.1 Å². The lowest BCUT2D eigenvalue weighted by molar-refractivity contribution is -0.238. The van der Waals surface area contributed by atoms with Crippen molar-refractivity contribution < 1.29 is 24.5 Å². The highest BCUT2D eigenvalue weighted by molar-refractivity contribution is 5.82. The fourth-order valence-electron chi connectivity index (χ4n) is 3.97. The van der Waals surface area contributed by atoms with Crippen LogP contribution >= 0.6 is 0 Å². The van der Waals surface area contributed by atoms with Gasteiger partial charge in [-0.1, -0.05) is 48.5 Å². The van der Waals surface area contributed by atoms with Crippen molar-refractivity contribution in [3.05, 3.63) is 59.7 Å². The van der Waals surface area contributed by atoms with E-state index in [1.807, 2.05) is 24.3 Å². The Morgan fingerprint density at radius 2 is 1.65 bits per heavy atom. The number of nitrogens with zero attached hydrogens (tertiary/aromatic N) is 1.